The van der Waals surface area contributed by atoms with Gasteiger partial charge in [0, 0.05) is 29.7 Å². The van der Waals surface area contributed by atoms with Crippen molar-refractivity contribution in [2.24, 2.45) is 28.6 Å². The second-order valence-electron chi connectivity index (χ2n) is 12.1. The number of esters is 1. The molecule has 39 heavy (non-hydrogen) atoms. The van der Waals surface area contributed by atoms with Gasteiger partial charge in [-0.05, 0) is 78.5 Å². The summed E-state index contributed by atoms with van der Waals surface area (Å²) in [5.41, 5.74) is -0.952. The Morgan fingerprint density at radius 1 is 1.21 bits per heavy atom. The van der Waals surface area contributed by atoms with Gasteiger partial charge in [-0.1, -0.05) is 25.5 Å². The molecule has 0 bridgehead atoms. The van der Waals surface area contributed by atoms with E-state index in [4.69, 9.17) is 4.74 Å². The van der Waals surface area contributed by atoms with E-state index in [-0.39, 0.29) is 55.1 Å². The van der Waals surface area contributed by atoms with Gasteiger partial charge < -0.3 is 20.3 Å². The number of ether oxygens (including phenoxy) is 1. The van der Waals surface area contributed by atoms with Crippen molar-refractivity contribution in [3.05, 3.63) is 46.2 Å². The fraction of sp³-hybridized carbons (Fsp3) is 0.600. The van der Waals surface area contributed by atoms with Crippen LogP contribution in [-0.2, 0) is 30.5 Å². The molecular formula is C30H37NO7S. The van der Waals surface area contributed by atoms with E-state index in [2.05, 4.69) is 12.2 Å². The molecule has 1 aromatic rings. The molecule has 7 atom stereocenters. The van der Waals surface area contributed by atoms with Gasteiger partial charge in [0.05, 0.1) is 12.5 Å². The first-order valence-electron chi connectivity index (χ1n) is 13.8. The summed E-state index contributed by atoms with van der Waals surface area (Å²) >= 11 is 1.54. The number of aliphatic hydroxyl groups is 2. The highest BCUT2D eigenvalue weighted by molar-refractivity contribution is 7.07. The zero-order valence-corrected chi connectivity index (χ0v) is 23.3. The van der Waals surface area contributed by atoms with Gasteiger partial charge in [0.25, 0.3) is 0 Å². The molecule has 3 N–H and O–H groups in total. The number of nitrogens with one attached hydrogen (secondary N) is 1. The summed E-state index contributed by atoms with van der Waals surface area (Å²) in [6.45, 7) is 3.80. The lowest BCUT2D eigenvalue weighted by Crippen LogP contribution is -2.61. The van der Waals surface area contributed by atoms with Gasteiger partial charge in [0.15, 0.2) is 12.4 Å². The number of Topliss-reactive ketones (excluding diaryl/α,β-unsaturated/α-hetero) is 1. The van der Waals surface area contributed by atoms with Crippen LogP contribution in [0, 0.1) is 28.6 Å². The van der Waals surface area contributed by atoms with E-state index < -0.39 is 40.9 Å². The summed E-state index contributed by atoms with van der Waals surface area (Å²) in [5, 5.41) is 29.8. The molecule has 0 aromatic carbocycles. The number of thiophene rings is 1. The molecule has 1 aromatic heterocycles. The van der Waals surface area contributed by atoms with Crippen LogP contribution in [0.25, 0.3) is 0 Å². The summed E-state index contributed by atoms with van der Waals surface area (Å²) in [6, 6.07) is 1.91. The van der Waals surface area contributed by atoms with Crippen molar-refractivity contribution in [1.29, 1.82) is 0 Å². The van der Waals surface area contributed by atoms with Gasteiger partial charge in [-0.3, -0.25) is 19.2 Å². The van der Waals surface area contributed by atoms with Crippen molar-refractivity contribution < 1.29 is 34.1 Å². The van der Waals surface area contributed by atoms with Gasteiger partial charge in [-0.25, -0.2) is 0 Å². The highest BCUT2D eigenvalue weighted by Gasteiger charge is 2.68. The number of aliphatic hydroxyl groups excluding tert-OH is 1. The lowest BCUT2D eigenvalue weighted by Gasteiger charge is -2.59. The first kappa shape index (κ1) is 27.9. The third kappa shape index (κ3) is 4.83. The van der Waals surface area contributed by atoms with Crippen LogP contribution in [0.4, 0.5) is 0 Å². The molecule has 1 heterocycles. The second-order valence-corrected chi connectivity index (χ2v) is 12.9. The van der Waals surface area contributed by atoms with E-state index in [1.54, 1.807) is 12.2 Å². The van der Waals surface area contributed by atoms with Crippen LogP contribution in [-0.4, -0.2) is 52.0 Å². The molecule has 0 spiro atoms. The van der Waals surface area contributed by atoms with E-state index >= 15 is 0 Å². The maximum absolute atomic E-state index is 13.4. The molecule has 5 unspecified atom stereocenters. The SMILES string of the molecule is C[C@]12C=CC(=O)C=C1CCC1C2C(O)C[C@@]2(C)C1CCC2(O)C(=O)COC(=O)CCC(=O)NCc1ccsc1. The first-order chi connectivity index (χ1) is 18.5. The van der Waals surface area contributed by atoms with Gasteiger partial charge in [0.2, 0.25) is 11.7 Å². The van der Waals surface area contributed by atoms with Gasteiger partial charge in [-0.2, -0.15) is 11.3 Å². The van der Waals surface area contributed by atoms with Gasteiger partial charge in [0.1, 0.15) is 5.60 Å². The number of carbonyl (C=O) groups is 4. The van der Waals surface area contributed by atoms with Crippen molar-refractivity contribution in [2.45, 2.75) is 77.0 Å². The van der Waals surface area contributed by atoms with Crippen LogP contribution in [0.5, 0.6) is 0 Å². The minimum absolute atomic E-state index is 0.0203. The number of amides is 1. The van der Waals surface area contributed by atoms with Crippen LogP contribution in [0.1, 0.15) is 64.4 Å². The minimum atomic E-state index is -1.71. The monoisotopic (exact) mass is 555 g/mol. The van der Waals surface area contributed by atoms with Gasteiger partial charge in [-0.15, -0.1) is 0 Å². The molecule has 0 saturated heterocycles. The molecule has 4 aliphatic carbocycles. The smallest absolute Gasteiger partial charge is 0.306 e. The number of hydrogen-bond acceptors (Lipinski definition) is 8. The summed E-state index contributed by atoms with van der Waals surface area (Å²) in [4.78, 5) is 49.7. The fourth-order valence-electron chi connectivity index (χ4n) is 8.02. The number of carbonyl (C=O) groups excluding carboxylic acids is 4. The number of rotatable bonds is 8. The summed E-state index contributed by atoms with van der Waals surface area (Å²) < 4.78 is 5.20. The predicted octanol–water partition coefficient (Wildman–Crippen LogP) is 3.27. The molecule has 1 amide bonds. The van der Waals surface area contributed by atoms with E-state index in [0.717, 1.165) is 24.0 Å². The Morgan fingerprint density at radius 2 is 2.00 bits per heavy atom. The molecule has 3 fully saturated rings. The quantitative estimate of drug-likeness (QED) is 0.420. The number of ketones is 2. The molecule has 3 saturated carbocycles. The minimum Gasteiger partial charge on any atom is -0.458 e. The van der Waals surface area contributed by atoms with Crippen LogP contribution >= 0.6 is 11.3 Å². The van der Waals surface area contributed by atoms with E-state index in [9.17, 15) is 29.4 Å². The van der Waals surface area contributed by atoms with Crippen molar-refractivity contribution in [3.8, 4) is 0 Å². The topological polar surface area (TPSA) is 130 Å². The summed E-state index contributed by atoms with van der Waals surface area (Å²) in [5.74, 6) is -1.51. The molecular weight excluding hydrogens is 518 g/mol. The van der Waals surface area contributed by atoms with Crippen molar-refractivity contribution in [3.63, 3.8) is 0 Å². The average Bonchev–Trinajstić information content (AvgIpc) is 3.51. The Labute approximate surface area is 232 Å². The lowest BCUT2D eigenvalue weighted by atomic mass is 9.46. The number of allylic oxidation sites excluding steroid dienone is 4. The summed E-state index contributed by atoms with van der Waals surface area (Å²) in [7, 11) is 0. The second kappa shape index (κ2) is 10.4. The maximum atomic E-state index is 13.4. The van der Waals surface area contributed by atoms with Gasteiger partial charge >= 0.3 is 5.97 Å². The Bertz CT molecular complexity index is 1220. The normalized spacial score (nSPS) is 36.8. The van der Waals surface area contributed by atoms with E-state index in [1.807, 2.05) is 29.8 Å². The highest BCUT2D eigenvalue weighted by atomic mass is 32.1. The number of hydrogen-bond donors (Lipinski definition) is 3. The fourth-order valence-corrected chi connectivity index (χ4v) is 8.69. The van der Waals surface area contributed by atoms with Crippen LogP contribution in [0.2, 0.25) is 0 Å². The van der Waals surface area contributed by atoms with Crippen molar-refractivity contribution in [2.75, 3.05) is 6.61 Å². The van der Waals surface area contributed by atoms with Crippen LogP contribution in [0.15, 0.2) is 40.6 Å². The first-order valence-corrected chi connectivity index (χ1v) is 14.7. The Balaban J connectivity index is 1.19. The third-order valence-electron chi connectivity index (χ3n) is 10.1. The maximum Gasteiger partial charge on any atom is 0.306 e. The predicted molar refractivity (Wildman–Crippen MR) is 144 cm³/mol. The molecule has 0 aliphatic heterocycles. The van der Waals surface area contributed by atoms with E-state index in [1.165, 1.54) is 11.3 Å². The van der Waals surface area contributed by atoms with Crippen LogP contribution < -0.4 is 5.32 Å². The zero-order valence-electron chi connectivity index (χ0n) is 22.5. The van der Waals surface area contributed by atoms with Crippen molar-refractivity contribution in [1.82, 2.24) is 5.32 Å². The number of fused-ring (bicyclic) bond motifs is 5. The molecule has 4 aliphatic rings. The Hall–Kier alpha value is -2.62. The van der Waals surface area contributed by atoms with Crippen molar-refractivity contribution >= 4 is 34.8 Å². The Morgan fingerprint density at radius 3 is 2.74 bits per heavy atom. The largest absolute Gasteiger partial charge is 0.458 e. The molecule has 9 heteroatoms. The molecule has 210 valence electrons. The lowest BCUT2D eigenvalue weighted by molar-refractivity contribution is -0.181. The van der Waals surface area contributed by atoms with Crippen LogP contribution in [0.3, 0.4) is 0 Å². The molecule has 5 rings (SSSR count). The zero-order chi connectivity index (χ0) is 28.0. The molecule has 8 nitrogen and oxygen atoms in total. The Kier molecular flexibility index (Phi) is 7.45. The standard InChI is InChI=1S/C30H37NO7S/c1-28-10-7-20(32)13-19(28)3-4-21-22-8-11-30(37,29(22,2)14-23(33)27(21)28)24(34)16-38-26(36)6-5-25(35)31-15-18-9-12-39-17-18/h7,9-10,12-13,17,21-23,27,33,37H,3-6,8,11,14-16H2,1-2H3,(H,31,35)/t21?,22?,23?,27?,28-,29-,30?/m0/s1. The third-order valence-corrected chi connectivity index (χ3v) is 10.8. The highest BCUT2D eigenvalue weighted by Crippen LogP contribution is 2.67. The van der Waals surface area contributed by atoms with E-state index in [0.29, 0.717) is 13.0 Å². The summed E-state index contributed by atoms with van der Waals surface area (Å²) in [6.07, 6.45) is 6.94. The molecule has 0 radical (unpaired) electrons. The average molecular weight is 556 g/mol.